The Morgan fingerprint density at radius 3 is 2.18 bits per heavy atom. The van der Waals surface area contributed by atoms with Gasteiger partial charge in [0, 0.05) is 24.1 Å². The van der Waals surface area contributed by atoms with Crippen LogP contribution in [-0.4, -0.2) is 34.1 Å². The molecule has 0 bridgehead atoms. The van der Waals surface area contributed by atoms with Crippen LogP contribution in [0.2, 0.25) is 0 Å². The van der Waals surface area contributed by atoms with Crippen molar-refractivity contribution in [1.29, 1.82) is 0 Å². The largest absolute Gasteiger partial charge is 0.389 e. The van der Waals surface area contributed by atoms with Gasteiger partial charge in [0.1, 0.15) is 0 Å². The highest BCUT2D eigenvalue weighted by molar-refractivity contribution is 5.96. The van der Waals surface area contributed by atoms with Crippen LogP contribution in [0.25, 0.3) is 0 Å². The fraction of sp³-hybridized carbons (Fsp3) is 0.526. The third-order valence-electron chi connectivity index (χ3n) is 3.55. The van der Waals surface area contributed by atoms with Gasteiger partial charge in [-0.1, -0.05) is 29.8 Å². The molecule has 0 radical (unpaired) electrons. The second kappa shape index (κ2) is 8.14. The summed E-state index contributed by atoms with van der Waals surface area (Å²) in [5, 5.41) is 10.1. The van der Waals surface area contributed by atoms with E-state index in [2.05, 4.69) is 0 Å². The summed E-state index contributed by atoms with van der Waals surface area (Å²) >= 11 is 0. The molecular formula is C19H29NO2. The third-order valence-corrected chi connectivity index (χ3v) is 3.55. The zero-order chi connectivity index (χ0) is 16.9. The Morgan fingerprint density at radius 2 is 1.68 bits per heavy atom. The van der Waals surface area contributed by atoms with Gasteiger partial charge in [-0.15, -0.1) is 0 Å². The quantitative estimate of drug-likeness (QED) is 0.812. The van der Waals surface area contributed by atoms with Gasteiger partial charge >= 0.3 is 0 Å². The zero-order valence-corrected chi connectivity index (χ0v) is 14.6. The molecule has 3 heteroatoms. The predicted molar refractivity (Wildman–Crippen MR) is 92.0 cm³/mol. The molecule has 1 atom stereocenters. The van der Waals surface area contributed by atoms with Crippen LogP contribution in [0, 0.1) is 0 Å². The van der Waals surface area contributed by atoms with E-state index in [1.165, 1.54) is 0 Å². The van der Waals surface area contributed by atoms with E-state index < -0.39 is 6.10 Å². The third kappa shape index (κ3) is 4.99. The first-order chi connectivity index (χ1) is 10.2. The molecule has 0 heterocycles. The van der Waals surface area contributed by atoms with Crippen molar-refractivity contribution < 1.29 is 9.90 Å². The molecular weight excluding hydrogens is 274 g/mol. The summed E-state index contributed by atoms with van der Waals surface area (Å²) in [5.74, 6) is 0.0324. The topological polar surface area (TPSA) is 40.5 Å². The van der Waals surface area contributed by atoms with Gasteiger partial charge < -0.3 is 10.0 Å². The van der Waals surface area contributed by atoms with Crippen LogP contribution in [0.3, 0.4) is 0 Å². The standard InChI is InChI=1S/C19H29NO2/c1-13(2)11-17(21)12-16-9-7-8-10-18(16)19(22)20(14(3)4)15(5)6/h7-11,14-15,17,21H,12H2,1-6H3. The van der Waals surface area contributed by atoms with Crippen LogP contribution < -0.4 is 0 Å². The van der Waals surface area contributed by atoms with Crippen molar-refractivity contribution in [3.8, 4) is 0 Å². The summed E-state index contributed by atoms with van der Waals surface area (Å²) in [6.45, 7) is 12.0. The Labute approximate surface area is 134 Å². The summed E-state index contributed by atoms with van der Waals surface area (Å²) in [7, 11) is 0. The summed E-state index contributed by atoms with van der Waals surface area (Å²) in [6.07, 6.45) is 1.71. The monoisotopic (exact) mass is 303 g/mol. The number of nitrogens with zero attached hydrogens (tertiary/aromatic N) is 1. The van der Waals surface area contributed by atoms with Crippen molar-refractivity contribution in [2.45, 2.75) is 66.2 Å². The second-order valence-corrected chi connectivity index (χ2v) is 6.57. The van der Waals surface area contributed by atoms with E-state index >= 15 is 0 Å². The van der Waals surface area contributed by atoms with E-state index in [0.717, 1.165) is 11.1 Å². The van der Waals surface area contributed by atoms with E-state index in [1.807, 2.05) is 76.8 Å². The molecule has 1 rings (SSSR count). The summed E-state index contributed by atoms with van der Waals surface area (Å²) < 4.78 is 0. The smallest absolute Gasteiger partial charge is 0.254 e. The molecule has 3 nitrogen and oxygen atoms in total. The number of hydrogen-bond acceptors (Lipinski definition) is 2. The van der Waals surface area contributed by atoms with Gasteiger partial charge in [-0.3, -0.25) is 4.79 Å². The summed E-state index contributed by atoms with van der Waals surface area (Å²) in [5.41, 5.74) is 2.65. The lowest BCUT2D eigenvalue weighted by molar-refractivity contribution is 0.0642. The molecule has 0 saturated heterocycles. The minimum absolute atomic E-state index is 0.0324. The van der Waals surface area contributed by atoms with E-state index in [0.29, 0.717) is 12.0 Å². The van der Waals surface area contributed by atoms with E-state index in [-0.39, 0.29) is 18.0 Å². The number of carbonyl (C=O) groups excluding carboxylic acids is 1. The predicted octanol–water partition coefficient (Wildman–Crippen LogP) is 3.82. The van der Waals surface area contributed by atoms with Gasteiger partial charge in [-0.2, -0.15) is 0 Å². The van der Waals surface area contributed by atoms with Crippen LogP contribution in [0.1, 0.15) is 57.5 Å². The SMILES string of the molecule is CC(C)=CC(O)Cc1ccccc1C(=O)N(C(C)C)C(C)C. The first-order valence-electron chi connectivity index (χ1n) is 7.97. The van der Waals surface area contributed by atoms with Crippen LogP contribution in [0.15, 0.2) is 35.9 Å². The fourth-order valence-electron chi connectivity index (χ4n) is 2.78. The lowest BCUT2D eigenvalue weighted by atomic mass is 9.99. The molecule has 122 valence electrons. The van der Waals surface area contributed by atoms with Crippen molar-refractivity contribution in [2.75, 3.05) is 0 Å². The van der Waals surface area contributed by atoms with Crippen LogP contribution >= 0.6 is 0 Å². The van der Waals surface area contributed by atoms with Gasteiger partial charge in [-0.25, -0.2) is 0 Å². The highest BCUT2D eigenvalue weighted by Gasteiger charge is 2.23. The Balaban J connectivity index is 3.10. The number of amides is 1. The average molecular weight is 303 g/mol. The molecule has 1 aromatic carbocycles. The van der Waals surface area contributed by atoms with Crippen molar-refractivity contribution in [3.63, 3.8) is 0 Å². The maximum absolute atomic E-state index is 12.9. The average Bonchev–Trinajstić information content (AvgIpc) is 2.37. The van der Waals surface area contributed by atoms with Gasteiger partial charge in [0.2, 0.25) is 0 Å². The van der Waals surface area contributed by atoms with Crippen LogP contribution in [-0.2, 0) is 6.42 Å². The Morgan fingerprint density at radius 1 is 1.14 bits per heavy atom. The zero-order valence-electron chi connectivity index (χ0n) is 14.6. The second-order valence-electron chi connectivity index (χ2n) is 6.57. The molecule has 0 aliphatic carbocycles. The van der Waals surface area contributed by atoms with E-state index in [1.54, 1.807) is 0 Å². The molecule has 0 fully saturated rings. The van der Waals surface area contributed by atoms with Gasteiger partial charge in [0.25, 0.3) is 5.91 Å². The highest BCUT2D eigenvalue weighted by atomic mass is 16.3. The molecule has 22 heavy (non-hydrogen) atoms. The minimum Gasteiger partial charge on any atom is -0.389 e. The van der Waals surface area contributed by atoms with E-state index in [4.69, 9.17) is 0 Å². The van der Waals surface area contributed by atoms with Crippen LogP contribution in [0.5, 0.6) is 0 Å². The lowest BCUT2D eigenvalue weighted by Crippen LogP contribution is -2.42. The molecule has 1 aromatic rings. The molecule has 1 unspecified atom stereocenters. The van der Waals surface area contributed by atoms with Crippen molar-refractivity contribution >= 4 is 5.91 Å². The normalized spacial score (nSPS) is 12.4. The number of hydrogen-bond donors (Lipinski definition) is 1. The lowest BCUT2D eigenvalue weighted by Gasteiger charge is -2.31. The van der Waals surface area contributed by atoms with Gasteiger partial charge in [-0.05, 0) is 53.2 Å². The van der Waals surface area contributed by atoms with Crippen molar-refractivity contribution in [2.24, 2.45) is 0 Å². The number of allylic oxidation sites excluding steroid dienone is 1. The first kappa shape index (κ1) is 18.4. The summed E-state index contributed by atoms with van der Waals surface area (Å²) in [4.78, 5) is 14.8. The highest BCUT2D eigenvalue weighted by Crippen LogP contribution is 2.18. The van der Waals surface area contributed by atoms with Gasteiger partial charge in [0.15, 0.2) is 0 Å². The number of benzene rings is 1. The van der Waals surface area contributed by atoms with Crippen molar-refractivity contribution in [1.82, 2.24) is 4.90 Å². The molecule has 0 aliphatic heterocycles. The first-order valence-corrected chi connectivity index (χ1v) is 7.97. The minimum atomic E-state index is -0.564. The fourth-order valence-corrected chi connectivity index (χ4v) is 2.78. The number of carbonyl (C=O) groups is 1. The molecule has 0 aliphatic rings. The number of aliphatic hydroxyl groups is 1. The number of rotatable bonds is 6. The Kier molecular flexibility index (Phi) is 6.82. The maximum atomic E-state index is 12.9. The Bertz CT molecular complexity index is 520. The maximum Gasteiger partial charge on any atom is 0.254 e. The van der Waals surface area contributed by atoms with Crippen molar-refractivity contribution in [3.05, 3.63) is 47.0 Å². The molecule has 1 N–H and O–H groups in total. The van der Waals surface area contributed by atoms with E-state index in [9.17, 15) is 9.90 Å². The molecule has 0 aromatic heterocycles. The van der Waals surface area contributed by atoms with Gasteiger partial charge in [0.05, 0.1) is 6.10 Å². The van der Waals surface area contributed by atoms with Crippen LogP contribution in [0.4, 0.5) is 0 Å². The molecule has 0 saturated carbocycles. The molecule has 0 spiro atoms. The summed E-state index contributed by atoms with van der Waals surface area (Å²) in [6, 6.07) is 7.85. The molecule has 1 amide bonds. The number of aliphatic hydroxyl groups excluding tert-OH is 1. The Hall–Kier alpha value is -1.61.